The van der Waals surface area contributed by atoms with Crippen LogP contribution in [0, 0.1) is 11.3 Å². The Balaban J connectivity index is 2.05. The third-order valence-electron chi connectivity index (χ3n) is 4.34. The van der Waals surface area contributed by atoms with Crippen molar-refractivity contribution < 1.29 is 19.0 Å². The highest BCUT2D eigenvalue weighted by Gasteiger charge is 2.18. The summed E-state index contributed by atoms with van der Waals surface area (Å²) in [6, 6.07) is 10.5. The summed E-state index contributed by atoms with van der Waals surface area (Å²) in [5, 5.41) is 10.9. The lowest BCUT2D eigenvalue weighted by Gasteiger charge is -2.14. The van der Waals surface area contributed by atoms with Gasteiger partial charge in [0.25, 0.3) is 0 Å². The average molecular weight is 411 g/mol. The zero-order valence-corrected chi connectivity index (χ0v) is 17.0. The molecule has 0 saturated heterocycles. The predicted molar refractivity (Wildman–Crippen MR) is 112 cm³/mol. The van der Waals surface area contributed by atoms with E-state index in [1.807, 2.05) is 13.0 Å². The molecule has 0 bridgehead atoms. The molecule has 0 amide bonds. The zero-order valence-electron chi connectivity index (χ0n) is 16.2. The van der Waals surface area contributed by atoms with Crippen LogP contribution in [0.15, 0.2) is 42.1 Å². The maximum atomic E-state index is 13.0. The van der Waals surface area contributed by atoms with Gasteiger partial charge in [0.1, 0.15) is 11.6 Å². The molecule has 1 N–H and O–H groups in total. The number of allylic oxidation sites excluding steroid dienone is 1. The van der Waals surface area contributed by atoms with Gasteiger partial charge in [-0.25, -0.2) is 0 Å². The number of halogens is 1. The molecule has 3 aromatic rings. The number of rotatable bonds is 7. The molecule has 2 aromatic carbocycles. The Hall–Kier alpha value is -3.43. The minimum atomic E-state index is -0.395. The van der Waals surface area contributed by atoms with Crippen molar-refractivity contribution in [3.8, 4) is 23.3 Å². The summed E-state index contributed by atoms with van der Waals surface area (Å²) < 4.78 is 16.3. The number of hydrogen-bond acceptors (Lipinski definition) is 5. The number of Topliss-reactive ketones (excluding diaryl/α,β-unsaturated/α-hetero) is 1. The first kappa shape index (κ1) is 20.3. The second kappa shape index (κ2) is 8.72. The van der Waals surface area contributed by atoms with Gasteiger partial charge in [-0.2, -0.15) is 5.26 Å². The van der Waals surface area contributed by atoms with E-state index >= 15 is 0 Å². The Morgan fingerprint density at radius 2 is 1.90 bits per heavy atom. The minimum absolute atomic E-state index is 0.0193. The Morgan fingerprint density at radius 1 is 1.21 bits per heavy atom. The van der Waals surface area contributed by atoms with Crippen LogP contribution in [0.2, 0.25) is 5.02 Å². The van der Waals surface area contributed by atoms with E-state index in [9.17, 15) is 10.1 Å². The number of methoxy groups -OCH3 is 2. The highest BCUT2D eigenvalue weighted by molar-refractivity contribution is 6.31. The first-order valence-electron chi connectivity index (χ1n) is 8.84. The molecular formula is C22H19ClN2O4. The molecule has 148 valence electrons. The maximum Gasteiger partial charge on any atom is 0.205 e. The van der Waals surface area contributed by atoms with Gasteiger partial charge in [0.15, 0.2) is 11.5 Å². The molecule has 0 atom stereocenters. The quantitative estimate of drug-likeness (QED) is 0.335. The lowest BCUT2D eigenvalue weighted by Crippen LogP contribution is -2.02. The molecule has 1 aromatic heterocycles. The highest BCUT2D eigenvalue weighted by Crippen LogP contribution is 2.39. The lowest BCUT2D eigenvalue weighted by atomic mass is 10.0. The van der Waals surface area contributed by atoms with Gasteiger partial charge in [0.05, 0.1) is 20.8 Å². The van der Waals surface area contributed by atoms with Crippen LogP contribution in [0.4, 0.5) is 0 Å². The van der Waals surface area contributed by atoms with Gasteiger partial charge in [0, 0.05) is 27.7 Å². The third kappa shape index (κ3) is 4.05. The van der Waals surface area contributed by atoms with E-state index in [0.717, 1.165) is 5.52 Å². The SMILES string of the molecule is CCOc1c(OC)cc(/C=C(/C#N)C(=O)c2c[nH]c3cc(Cl)ccc23)cc1OC. The molecule has 29 heavy (non-hydrogen) atoms. The number of nitriles is 1. The number of H-pyrrole nitrogens is 1. The zero-order chi connectivity index (χ0) is 21.0. The number of ether oxygens (including phenoxy) is 3. The molecule has 0 radical (unpaired) electrons. The van der Waals surface area contributed by atoms with Crippen molar-refractivity contribution in [3.63, 3.8) is 0 Å². The van der Waals surface area contributed by atoms with Crippen LogP contribution in [0.25, 0.3) is 17.0 Å². The van der Waals surface area contributed by atoms with Crippen molar-refractivity contribution in [3.05, 3.63) is 58.3 Å². The monoisotopic (exact) mass is 410 g/mol. The van der Waals surface area contributed by atoms with Gasteiger partial charge in [-0.3, -0.25) is 4.79 Å². The molecule has 0 aliphatic carbocycles. The topological polar surface area (TPSA) is 84.3 Å². The van der Waals surface area contributed by atoms with Crippen molar-refractivity contribution in [2.45, 2.75) is 6.92 Å². The van der Waals surface area contributed by atoms with E-state index in [1.165, 1.54) is 20.3 Å². The summed E-state index contributed by atoms with van der Waals surface area (Å²) in [7, 11) is 3.02. The van der Waals surface area contributed by atoms with Gasteiger partial charge in [-0.15, -0.1) is 0 Å². The molecular weight excluding hydrogens is 392 g/mol. The molecule has 1 heterocycles. The van der Waals surface area contributed by atoms with Crippen molar-refractivity contribution in [1.82, 2.24) is 4.98 Å². The summed E-state index contributed by atoms with van der Waals surface area (Å²) in [6.07, 6.45) is 3.08. The summed E-state index contributed by atoms with van der Waals surface area (Å²) in [6.45, 7) is 2.29. The number of benzene rings is 2. The van der Waals surface area contributed by atoms with Crippen molar-refractivity contribution >= 4 is 34.4 Å². The van der Waals surface area contributed by atoms with E-state index in [-0.39, 0.29) is 5.57 Å². The molecule has 0 unspecified atom stereocenters. The van der Waals surface area contributed by atoms with Crippen molar-refractivity contribution in [2.75, 3.05) is 20.8 Å². The van der Waals surface area contributed by atoms with Gasteiger partial charge in [-0.1, -0.05) is 17.7 Å². The van der Waals surface area contributed by atoms with Crippen LogP contribution in [0.5, 0.6) is 17.2 Å². The van der Waals surface area contributed by atoms with E-state index in [4.69, 9.17) is 25.8 Å². The van der Waals surface area contributed by atoms with Gasteiger partial charge in [0.2, 0.25) is 11.5 Å². The first-order chi connectivity index (χ1) is 14.0. The van der Waals surface area contributed by atoms with Crippen LogP contribution in [-0.4, -0.2) is 31.6 Å². The Labute approximate surface area is 173 Å². The van der Waals surface area contributed by atoms with Crippen molar-refractivity contribution in [2.24, 2.45) is 0 Å². The largest absolute Gasteiger partial charge is 0.493 e. The lowest BCUT2D eigenvalue weighted by molar-refractivity contribution is 0.104. The first-order valence-corrected chi connectivity index (χ1v) is 9.22. The smallest absolute Gasteiger partial charge is 0.205 e. The number of carbonyl (C=O) groups excluding carboxylic acids is 1. The number of nitrogens with one attached hydrogen (secondary N) is 1. The normalized spacial score (nSPS) is 11.2. The summed E-state index contributed by atoms with van der Waals surface area (Å²) in [5.74, 6) is 0.966. The summed E-state index contributed by atoms with van der Waals surface area (Å²) in [5.41, 5.74) is 1.68. The van der Waals surface area contributed by atoms with Gasteiger partial charge in [-0.05, 0) is 42.8 Å². The summed E-state index contributed by atoms with van der Waals surface area (Å²) >= 11 is 5.99. The molecule has 6 nitrogen and oxygen atoms in total. The number of hydrogen-bond donors (Lipinski definition) is 1. The number of carbonyl (C=O) groups is 1. The van der Waals surface area contributed by atoms with E-state index in [2.05, 4.69) is 4.98 Å². The number of ketones is 1. The molecule has 0 saturated carbocycles. The van der Waals surface area contributed by atoms with Crippen LogP contribution < -0.4 is 14.2 Å². The van der Waals surface area contributed by atoms with Crippen LogP contribution in [0.3, 0.4) is 0 Å². The third-order valence-corrected chi connectivity index (χ3v) is 4.57. The van der Waals surface area contributed by atoms with E-state index < -0.39 is 5.78 Å². The van der Waals surface area contributed by atoms with Crippen LogP contribution in [0.1, 0.15) is 22.8 Å². The maximum absolute atomic E-state index is 13.0. The fourth-order valence-electron chi connectivity index (χ4n) is 3.02. The van der Waals surface area contributed by atoms with Crippen LogP contribution >= 0.6 is 11.6 Å². The average Bonchev–Trinajstić information content (AvgIpc) is 3.15. The Kier molecular flexibility index (Phi) is 6.10. The van der Waals surface area contributed by atoms with Crippen LogP contribution in [-0.2, 0) is 0 Å². The number of aromatic amines is 1. The molecule has 0 aliphatic rings. The molecule has 3 rings (SSSR count). The molecule has 0 aliphatic heterocycles. The second-order valence-corrected chi connectivity index (χ2v) is 6.52. The van der Waals surface area contributed by atoms with E-state index in [1.54, 1.807) is 36.5 Å². The Bertz CT molecular complexity index is 1120. The fraction of sp³-hybridized carbons (Fsp3) is 0.182. The van der Waals surface area contributed by atoms with Gasteiger partial charge < -0.3 is 19.2 Å². The fourth-order valence-corrected chi connectivity index (χ4v) is 3.19. The standard InChI is InChI=1S/C22H19ClN2O4/c1-4-29-22-19(27-2)8-13(9-20(22)28-3)7-14(11-24)21(26)17-12-25-18-10-15(23)5-6-16(17)18/h5-10,12,25H,4H2,1-3H3/b14-7-. The summed E-state index contributed by atoms with van der Waals surface area (Å²) in [4.78, 5) is 16.0. The number of nitrogens with zero attached hydrogens (tertiary/aromatic N) is 1. The molecule has 7 heteroatoms. The predicted octanol–water partition coefficient (Wildman–Crippen LogP) is 5.03. The van der Waals surface area contributed by atoms with Gasteiger partial charge >= 0.3 is 0 Å². The highest BCUT2D eigenvalue weighted by atomic mass is 35.5. The minimum Gasteiger partial charge on any atom is -0.493 e. The Morgan fingerprint density at radius 3 is 2.48 bits per heavy atom. The molecule has 0 fully saturated rings. The van der Waals surface area contributed by atoms with Crippen molar-refractivity contribution in [1.29, 1.82) is 5.26 Å². The van der Waals surface area contributed by atoms with E-state index in [0.29, 0.717) is 45.4 Å². The second-order valence-electron chi connectivity index (χ2n) is 6.08. The number of aromatic nitrogens is 1. The number of fused-ring (bicyclic) bond motifs is 1. The molecule has 0 spiro atoms.